The second kappa shape index (κ2) is 4.36. The van der Waals surface area contributed by atoms with Gasteiger partial charge < -0.3 is 10.5 Å². The summed E-state index contributed by atoms with van der Waals surface area (Å²) in [7, 11) is 0. The van der Waals surface area contributed by atoms with Crippen molar-refractivity contribution in [1.29, 1.82) is 0 Å². The zero-order valence-electron chi connectivity index (χ0n) is 10.4. The van der Waals surface area contributed by atoms with Gasteiger partial charge in [0, 0.05) is 0 Å². The summed E-state index contributed by atoms with van der Waals surface area (Å²) in [5.74, 6) is 0.944. The molecule has 16 heavy (non-hydrogen) atoms. The summed E-state index contributed by atoms with van der Waals surface area (Å²) in [6, 6.07) is 0. The second-order valence-corrected chi connectivity index (χ2v) is 5.84. The van der Waals surface area contributed by atoms with Crippen LogP contribution in [0.1, 0.15) is 52.4 Å². The van der Waals surface area contributed by atoms with Gasteiger partial charge in [0.05, 0.1) is 0 Å². The van der Waals surface area contributed by atoms with Crippen molar-refractivity contribution in [2.45, 2.75) is 64.0 Å². The van der Waals surface area contributed by atoms with Gasteiger partial charge in [-0.1, -0.05) is 6.92 Å². The second-order valence-electron chi connectivity index (χ2n) is 5.84. The lowest BCUT2D eigenvalue weighted by molar-refractivity contribution is -0.157. The molecule has 0 saturated heterocycles. The van der Waals surface area contributed by atoms with E-state index in [4.69, 9.17) is 10.5 Å². The number of carbonyl (C=O) groups is 1. The van der Waals surface area contributed by atoms with Gasteiger partial charge in [0.15, 0.2) is 0 Å². The first kappa shape index (κ1) is 11.9. The number of carbonyl (C=O) groups excluding carboxylic acids is 1. The monoisotopic (exact) mass is 225 g/mol. The summed E-state index contributed by atoms with van der Waals surface area (Å²) in [6.07, 6.45) is 6.62. The molecular weight excluding hydrogens is 202 g/mol. The summed E-state index contributed by atoms with van der Waals surface area (Å²) in [5, 5.41) is 0. The van der Waals surface area contributed by atoms with E-state index in [-0.39, 0.29) is 12.1 Å². The third-order valence-corrected chi connectivity index (χ3v) is 4.10. The van der Waals surface area contributed by atoms with Crippen LogP contribution in [0, 0.1) is 11.8 Å². The van der Waals surface area contributed by atoms with E-state index in [0.717, 1.165) is 31.6 Å². The van der Waals surface area contributed by atoms with Crippen LogP contribution in [0.2, 0.25) is 0 Å². The average molecular weight is 225 g/mol. The van der Waals surface area contributed by atoms with E-state index in [9.17, 15) is 4.79 Å². The van der Waals surface area contributed by atoms with Gasteiger partial charge in [0.1, 0.15) is 11.6 Å². The standard InChI is InChI=1S/C13H23NO2/c1-9-3-7-11(8-4-9)16-12(15)13(2,14)10-5-6-10/h9-11H,3-8,14H2,1-2H3. The lowest BCUT2D eigenvalue weighted by Gasteiger charge is -2.30. The highest BCUT2D eigenvalue weighted by molar-refractivity contribution is 5.81. The Hall–Kier alpha value is -0.570. The Morgan fingerprint density at radius 2 is 1.75 bits per heavy atom. The predicted octanol–water partition coefficient (Wildman–Crippen LogP) is 2.24. The minimum absolute atomic E-state index is 0.116. The molecule has 0 heterocycles. The fourth-order valence-corrected chi connectivity index (χ4v) is 2.48. The molecule has 0 aromatic carbocycles. The van der Waals surface area contributed by atoms with E-state index in [2.05, 4.69) is 6.92 Å². The summed E-state index contributed by atoms with van der Waals surface area (Å²) in [4.78, 5) is 11.9. The molecule has 2 aliphatic carbocycles. The molecule has 1 atom stereocenters. The Labute approximate surface area is 97.7 Å². The SMILES string of the molecule is CC1CCC(OC(=O)C(C)(N)C2CC2)CC1. The first-order valence-electron chi connectivity index (χ1n) is 6.50. The molecular formula is C13H23NO2. The van der Waals surface area contributed by atoms with E-state index in [1.165, 1.54) is 12.8 Å². The molecule has 2 saturated carbocycles. The molecule has 0 aromatic rings. The lowest BCUT2D eigenvalue weighted by atomic mass is 9.88. The molecule has 2 fully saturated rings. The lowest BCUT2D eigenvalue weighted by Crippen LogP contribution is -2.49. The molecule has 2 aliphatic rings. The van der Waals surface area contributed by atoms with Gasteiger partial charge >= 0.3 is 5.97 Å². The molecule has 2 rings (SSSR count). The fourth-order valence-electron chi connectivity index (χ4n) is 2.48. The predicted molar refractivity (Wildman–Crippen MR) is 62.8 cm³/mol. The molecule has 1 unspecified atom stereocenters. The molecule has 3 heteroatoms. The minimum atomic E-state index is -0.747. The Bertz CT molecular complexity index is 263. The average Bonchev–Trinajstić information content (AvgIpc) is 3.05. The van der Waals surface area contributed by atoms with Gasteiger partial charge in [-0.2, -0.15) is 0 Å². The van der Waals surface area contributed by atoms with Crippen LogP contribution in [-0.4, -0.2) is 17.6 Å². The largest absolute Gasteiger partial charge is 0.461 e. The van der Waals surface area contributed by atoms with Crippen molar-refractivity contribution in [3.63, 3.8) is 0 Å². The van der Waals surface area contributed by atoms with E-state index < -0.39 is 5.54 Å². The van der Waals surface area contributed by atoms with Gasteiger partial charge in [-0.25, -0.2) is 0 Å². The number of hydrogen-bond donors (Lipinski definition) is 1. The van der Waals surface area contributed by atoms with Crippen molar-refractivity contribution in [1.82, 2.24) is 0 Å². The maximum absolute atomic E-state index is 11.9. The van der Waals surface area contributed by atoms with Gasteiger partial charge in [0.2, 0.25) is 0 Å². The molecule has 2 N–H and O–H groups in total. The number of esters is 1. The highest BCUT2D eigenvalue weighted by atomic mass is 16.5. The van der Waals surface area contributed by atoms with E-state index in [1.54, 1.807) is 0 Å². The third kappa shape index (κ3) is 2.57. The molecule has 92 valence electrons. The molecule has 0 spiro atoms. The van der Waals surface area contributed by atoms with Crippen LogP contribution in [0.15, 0.2) is 0 Å². The van der Waals surface area contributed by atoms with E-state index in [1.807, 2.05) is 6.92 Å². The van der Waals surface area contributed by atoms with Crippen LogP contribution >= 0.6 is 0 Å². The van der Waals surface area contributed by atoms with Gasteiger partial charge in [-0.3, -0.25) is 4.79 Å². The molecule has 0 aliphatic heterocycles. The Morgan fingerprint density at radius 1 is 1.19 bits per heavy atom. The summed E-state index contributed by atoms with van der Waals surface area (Å²) < 4.78 is 5.54. The quantitative estimate of drug-likeness (QED) is 0.749. The van der Waals surface area contributed by atoms with Crippen LogP contribution in [-0.2, 0) is 9.53 Å². The molecule has 3 nitrogen and oxygen atoms in total. The topological polar surface area (TPSA) is 52.3 Å². The van der Waals surface area contributed by atoms with Crippen molar-refractivity contribution in [2.75, 3.05) is 0 Å². The zero-order valence-corrected chi connectivity index (χ0v) is 10.4. The summed E-state index contributed by atoms with van der Waals surface area (Å²) in [6.45, 7) is 4.08. The van der Waals surface area contributed by atoms with Crippen LogP contribution in [0.4, 0.5) is 0 Å². The normalized spacial score (nSPS) is 34.2. The Kier molecular flexibility index (Phi) is 3.24. The molecule has 0 radical (unpaired) electrons. The highest BCUT2D eigenvalue weighted by Crippen LogP contribution is 2.39. The third-order valence-electron chi connectivity index (χ3n) is 4.10. The van der Waals surface area contributed by atoms with Crippen LogP contribution in [0.3, 0.4) is 0 Å². The van der Waals surface area contributed by atoms with Crippen molar-refractivity contribution < 1.29 is 9.53 Å². The van der Waals surface area contributed by atoms with Crippen molar-refractivity contribution in [3.8, 4) is 0 Å². The van der Waals surface area contributed by atoms with Crippen LogP contribution < -0.4 is 5.73 Å². The maximum atomic E-state index is 11.9. The van der Waals surface area contributed by atoms with Crippen molar-refractivity contribution in [2.24, 2.45) is 17.6 Å². The minimum Gasteiger partial charge on any atom is -0.461 e. The van der Waals surface area contributed by atoms with E-state index in [0.29, 0.717) is 5.92 Å². The molecule has 0 bridgehead atoms. The smallest absolute Gasteiger partial charge is 0.326 e. The Morgan fingerprint density at radius 3 is 2.25 bits per heavy atom. The summed E-state index contributed by atoms with van der Waals surface area (Å²) >= 11 is 0. The number of hydrogen-bond acceptors (Lipinski definition) is 3. The van der Waals surface area contributed by atoms with Crippen molar-refractivity contribution in [3.05, 3.63) is 0 Å². The van der Waals surface area contributed by atoms with Gasteiger partial charge in [-0.15, -0.1) is 0 Å². The van der Waals surface area contributed by atoms with Gasteiger partial charge in [-0.05, 0) is 57.3 Å². The van der Waals surface area contributed by atoms with Crippen LogP contribution in [0.25, 0.3) is 0 Å². The summed E-state index contributed by atoms with van der Waals surface area (Å²) in [5.41, 5.74) is 5.29. The number of ether oxygens (including phenoxy) is 1. The highest BCUT2D eigenvalue weighted by Gasteiger charge is 2.46. The zero-order chi connectivity index (χ0) is 11.8. The van der Waals surface area contributed by atoms with Crippen LogP contribution in [0.5, 0.6) is 0 Å². The maximum Gasteiger partial charge on any atom is 0.326 e. The first-order chi connectivity index (χ1) is 7.50. The first-order valence-corrected chi connectivity index (χ1v) is 6.50. The Balaban J connectivity index is 1.82. The van der Waals surface area contributed by atoms with E-state index >= 15 is 0 Å². The fraction of sp³-hybridized carbons (Fsp3) is 0.923. The number of rotatable bonds is 3. The molecule has 0 amide bonds. The van der Waals surface area contributed by atoms with Gasteiger partial charge in [0.25, 0.3) is 0 Å². The molecule has 0 aromatic heterocycles. The number of nitrogens with two attached hydrogens (primary N) is 1. The van der Waals surface area contributed by atoms with Crippen molar-refractivity contribution >= 4 is 5.97 Å².